The molecule has 0 spiro atoms. The van der Waals surface area contributed by atoms with E-state index in [-0.39, 0.29) is 27.3 Å². The predicted octanol–water partition coefficient (Wildman–Crippen LogP) is 2.13. The van der Waals surface area contributed by atoms with Crippen molar-refractivity contribution in [1.29, 1.82) is 0 Å². The highest BCUT2D eigenvalue weighted by atomic mass is 35.5. The first-order valence-corrected chi connectivity index (χ1v) is 7.93. The van der Waals surface area contributed by atoms with Gasteiger partial charge in [-0.15, -0.1) is 0 Å². The molecule has 0 saturated carbocycles. The molecule has 0 saturated heterocycles. The lowest BCUT2D eigenvalue weighted by Gasteiger charge is -2.15. The highest BCUT2D eigenvalue weighted by Gasteiger charge is 2.42. The molecule has 1 amide bonds. The van der Waals surface area contributed by atoms with E-state index in [1.165, 1.54) is 30.6 Å². The molecule has 6 nitrogen and oxygen atoms in total. The second kappa shape index (κ2) is 4.94. The predicted molar refractivity (Wildman–Crippen MR) is 75.6 cm³/mol. The average molecular weight is 344 g/mol. The zero-order valence-corrected chi connectivity index (χ0v) is 12.7. The summed E-state index contributed by atoms with van der Waals surface area (Å²) in [5.41, 5.74) is 0.432. The molecule has 0 bridgehead atoms. The maximum atomic E-state index is 12.3. The van der Waals surface area contributed by atoms with E-state index in [2.05, 4.69) is 9.97 Å². The second-order valence-corrected chi connectivity index (χ2v) is 6.84. The summed E-state index contributed by atoms with van der Waals surface area (Å²) in [6.07, 6.45) is 2.66. The summed E-state index contributed by atoms with van der Waals surface area (Å²) >= 11 is 11.7. The van der Waals surface area contributed by atoms with Crippen LogP contribution in [-0.4, -0.2) is 28.6 Å². The van der Waals surface area contributed by atoms with Gasteiger partial charge in [0.25, 0.3) is 15.9 Å². The number of halogens is 2. The Hall–Kier alpha value is -1.70. The normalized spacial score (nSPS) is 16.1. The molecule has 0 radical (unpaired) electrons. The first-order chi connectivity index (χ1) is 9.91. The van der Waals surface area contributed by atoms with Crippen LogP contribution in [0.1, 0.15) is 15.9 Å². The second-order valence-electron chi connectivity index (χ2n) is 4.27. The van der Waals surface area contributed by atoms with E-state index >= 15 is 0 Å². The number of pyridine rings is 2. The fraction of sp³-hybridized carbons (Fsp3) is 0.0833. The number of nitrogens with zero attached hydrogens (tertiary/aromatic N) is 3. The van der Waals surface area contributed by atoms with Gasteiger partial charge < -0.3 is 0 Å². The number of hydrogen-bond acceptors (Lipinski definition) is 5. The Morgan fingerprint density at radius 1 is 1.24 bits per heavy atom. The van der Waals surface area contributed by atoms with Crippen molar-refractivity contribution in [3.8, 4) is 0 Å². The number of rotatable bonds is 2. The van der Waals surface area contributed by atoms with Crippen molar-refractivity contribution in [2.45, 2.75) is 11.6 Å². The minimum Gasteiger partial charge on any atom is -0.268 e. The van der Waals surface area contributed by atoms with Crippen molar-refractivity contribution < 1.29 is 13.2 Å². The van der Waals surface area contributed by atoms with Gasteiger partial charge >= 0.3 is 0 Å². The molecule has 9 heteroatoms. The summed E-state index contributed by atoms with van der Waals surface area (Å²) in [7, 11) is -3.97. The summed E-state index contributed by atoms with van der Waals surface area (Å²) < 4.78 is 25.4. The molecule has 1 aliphatic heterocycles. The van der Waals surface area contributed by atoms with Crippen molar-refractivity contribution >= 4 is 39.1 Å². The molecule has 3 rings (SSSR count). The zero-order valence-electron chi connectivity index (χ0n) is 10.3. The molecule has 0 unspecified atom stereocenters. The fourth-order valence-corrected chi connectivity index (χ4v) is 3.86. The van der Waals surface area contributed by atoms with E-state index in [1.807, 2.05) is 0 Å². The number of fused-ring (bicyclic) bond motifs is 1. The molecule has 2 aromatic heterocycles. The maximum absolute atomic E-state index is 12.3. The Morgan fingerprint density at radius 2 is 2.00 bits per heavy atom. The summed E-state index contributed by atoms with van der Waals surface area (Å²) in [6, 6.07) is 4.31. The monoisotopic (exact) mass is 343 g/mol. The Morgan fingerprint density at radius 3 is 2.67 bits per heavy atom. The average Bonchev–Trinajstić information content (AvgIpc) is 2.63. The molecular weight excluding hydrogens is 337 g/mol. The Kier molecular flexibility index (Phi) is 3.35. The number of sulfonamides is 1. The van der Waals surface area contributed by atoms with Crippen molar-refractivity contribution in [2.24, 2.45) is 0 Å². The standard InChI is InChI=1S/C12H7Cl2N3O3S/c13-9-4-10(14)16-5-7(9)6-17-12(18)8-2-1-3-15-11(8)21(17,19)20/h1-5H,6H2. The quantitative estimate of drug-likeness (QED) is 0.780. The lowest BCUT2D eigenvalue weighted by Crippen LogP contribution is -2.29. The van der Waals surface area contributed by atoms with Gasteiger partial charge in [0.1, 0.15) is 5.15 Å². The highest BCUT2D eigenvalue weighted by Crippen LogP contribution is 2.31. The molecule has 0 N–H and O–H groups in total. The van der Waals surface area contributed by atoms with Gasteiger partial charge in [0.05, 0.1) is 17.1 Å². The SMILES string of the molecule is O=C1c2cccnc2S(=O)(=O)N1Cc1cnc(Cl)cc1Cl. The number of aromatic nitrogens is 2. The van der Waals surface area contributed by atoms with Gasteiger partial charge in [-0.2, -0.15) is 8.42 Å². The van der Waals surface area contributed by atoms with Crippen LogP contribution in [0.4, 0.5) is 0 Å². The fourth-order valence-electron chi connectivity index (χ4n) is 1.97. The number of carbonyl (C=O) groups is 1. The van der Waals surface area contributed by atoms with E-state index in [1.54, 1.807) is 0 Å². The number of hydrogen-bond donors (Lipinski definition) is 0. The molecule has 0 fully saturated rings. The minimum absolute atomic E-state index is 0.0514. The van der Waals surface area contributed by atoms with Gasteiger partial charge in [-0.3, -0.25) is 4.79 Å². The summed E-state index contributed by atoms with van der Waals surface area (Å²) in [4.78, 5) is 19.8. The van der Waals surface area contributed by atoms with E-state index in [0.717, 1.165) is 4.31 Å². The molecule has 1 aliphatic rings. The largest absolute Gasteiger partial charge is 0.285 e. The molecule has 0 aliphatic carbocycles. The van der Waals surface area contributed by atoms with E-state index in [0.29, 0.717) is 5.56 Å². The molecular formula is C12H7Cl2N3O3S. The lowest BCUT2D eigenvalue weighted by atomic mass is 10.2. The first kappa shape index (κ1) is 14.2. The van der Waals surface area contributed by atoms with E-state index in [4.69, 9.17) is 23.2 Å². The van der Waals surface area contributed by atoms with Crippen LogP contribution in [0.25, 0.3) is 0 Å². The van der Waals surface area contributed by atoms with Crippen molar-refractivity contribution in [3.63, 3.8) is 0 Å². The van der Waals surface area contributed by atoms with Crippen LogP contribution in [0, 0.1) is 0 Å². The van der Waals surface area contributed by atoms with Gasteiger partial charge in [-0.25, -0.2) is 14.3 Å². The first-order valence-electron chi connectivity index (χ1n) is 5.73. The Bertz CT molecular complexity index is 855. The number of amides is 1. The van der Waals surface area contributed by atoms with Gasteiger partial charge in [0, 0.05) is 18.0 Å². The van der Waals surface area contributed by atoms with Gasteiger partial charge in [-0.1, -0.05) is 23.2 Å². The van der Waals surface area contributed by atoms with Crippen LogP contribution in [-0.2, 0) is 16.6 Å². The van der Waals surface area contributed by atoms with E-state index < -0.39 is 15.9 Å². The van der Waals surface area contributed by atoms with E-state index in [9.17, 15) is 13.2 Å². The van der Waals surface area contributed by atoms with Crippen molar-refractivity contribution in [1.82, 2.24) is 14.3 Å². The zero-order chi connectivity index (χ0) is 15.2. The minimum atomic E-state index is -3.97. The smallest absolute Gasteiger partial charge is 0.268 e. The number of carbonyl (C=O) groups excluding carboxylic acids is 1. The third-order valence-electron chi connectivity index (χ3n) is 2.97. The van der Waals surface area contributed by atoms with Crippen LogP contribution in [0.5, 0.6) is 0 Å². The molecule has 0 aromatic carbocycles. The van der Waals surface area contributed by atoms with Crippen molar-refractivity contribution in [2.75, 3.05) is 0 Å². The molecule has 2 aromatic rings. The van der Waals surface area contributed by atoms with Crippen LogP contribution >= 0.6 is 23.2 Å². The summed E-state index contributed by atoms with van der Waals surface area (Å²) in [5.74, 6) is -0.635. The van der Waals surface area contributed by atoms with Crippen molar-refractivity contribution in [3.05, 3.63) is 51.9 Å². The van der Waals surface area contributed by atoms with Crippen LogP contribution in [0.15, 0.2) is 35.6 Å². The molecule has 3 heterocycles. The highest BCUT2D eigenvalue weighted by molar-refractivity contribution is 7.90. The third-order valence-corrected chi connectivity index (χ3v) is 5.22. The Labute approximate surface area is 130 Å². The molecule has 21 heavy (non-hydrogen) atoms. The third kappa shape index (κ3) is 2.27. The summed E-state index contributed by atoms with van der Waals surface area (Å²) in [5, 5.41) is 0.180. The van der Waals surface area contributed by atoms with Gasteiger partial charge in [0.2, 0.25) is 0 Å². The van der Waals surface area contributed by atoms with Crippen LogP contribution < -0.4 is 0 Å². The van der Waals surface area contributed by atoms with Gasteiger partial charge in [-0.05, 0) is 18.2 Å². The Balaban J connectivity index is 2.03. The van der Waals surface area contributed by atoms with Crippen LogP contribution in [0.3, 0.4) is 0 Å². The summed E-state index contributed by atoms with van der Waals surface area (Å²) in [6.45, 7) is -0.222. The molecule has 0 atom stereocenters. The maximum Gasteiger partial charge on any atom is 0.285 e. The van der Waals surface area contributed by atoms with Gasteiger partial charge in [0.15, 0.2) is 5.03 Å². The van der Waals surface area contributed by atoms with Crippen LogP contribution in [0.2, 0.25) is 10.2 Å². The lowest BCUT2D eigenvalue weighted by molar-refractivity contribution is 0.0865. The topological polar surface area (TPSA) is 80.2 Å². The molecule has 108 valence electrons.